The van der Waals surface area contributed by atoms with Crippen molar-refractivity contribution in [1.29, 1.82) is 0 Å². The summed E-state index contributed by atoms with van der Waals surface area (Å²) in [5.41, 5.74) is 2.85. The zero-order chi connectivity index (χ0) is 10.2. The SMILES string of the molecule is CNC1(c2c(C)cccc2OC)CC1. The zero-order valence-electron chi connectivity index (χ0n) is 9.05. The minimum absolute atomic E-state index is 0.191. The number of hydrogen-bond acceptors (Lipinski definition) is 2. The lowest BCUT2D eigenvalue weighted by atomic mass is 9.98. The van der Waals surface area contributed by atoms with Crippen LogP contribution in [0.4, 0.5) is 0 Å². The summed E-state index contributed by atoms with van der Waals surface area (Å²) >= 11 is 0. The Morgan fingerprint density at radius 3 is 2.57 bits per heavy atom. The highest BCUT2D eigenvalue weighted by atomic mass is 16.5. The molecule has 1 aromatic carbocycles. The van der Waals surface area contributed by atoms with E-state index >= 15 is 0 Å². The van der Waals surface area contributed by atoms with E-state index in [1.165, 1.54) is 24.0 Å². The van der Waals surface area contributed by atoms with E-state index in [0.29, 0.717) is 0 Å². The fraction of sp³-hybridized carbons (Fsp3) is 0.500. The van der Waals surface area contributed by atoms with Crippen LogP contribution in [0.3, 0.4) is 0 Å². The lowest BCUT2D eigenvalue weighted by molar-refractivity contribution is 0.398. The summed E-state index contributed by atoms with van der Waals surface area (Å²) in [6.07, 6.45) is 2.43. The number of nitrogens with one attached hydrogen (secondary N) is 1. The van der Waals surface area contributed by atoms with Crippen molar-refractivity contribution in [3.63, 3.8) is 0 Å². The highest BCUT2D eigenvalue weighted by Gasteiger charge is 2.45. The molecule has 0 spiro atoms. The molecule has 0 radical (unpaired) electrons. The predicted octanol–water partition coefficient (Wildman–Crippen LogP) is 2.21. The quantitative estimate of drug-likeness (QED) is 0.791. The molecule has 0 heterocycles. The molecule has 1 fully saturated rings. The average Bonchev–Trinajstić information content (AvgIpc) is 2.98. The summed E-state index contributed by atoms with van der Waals surface area (Å²) in [6, 6.07) is 6.23. The van der Waals surface area contributed by atoms with Crippen molar-refractivity contribution in [3.8, 4) is 5.75 Å². The molecular weight excluding hydrogens is 174 g/mol. The molecule has 2 nitrogen and oxygen atoms in total. The van der Waals surface area contributed by atoms with Crippen LogP contribution in [-0.4, -0.2) is 14.2 Å². The van der Waals surface area contributed by atoms with Crippen LogP contribution in [0, 0.1) is 6.92 Å². The first-order valence-electron chi connectivity index (χ1n) is 5.06. The fourth-order valence-corrected chi connectivity index (χ4v) is 2.17. The molecule has 2 rings (SSSR count). The molecule has 0 aliphatic heterocycles. The van der Waals surface area contributed by atoms with Gasteiger partial charge in [-0.15, -0.1) is 0 Å². The normalized spacial score (nSPS) is 17.9. The van der Waals surface area contributed by atoms with E-state index < -0.39 is 0 Å². The number of rotatable bonds is 3. The predicted molar refractivity (Wildman–Crippen MR) is 57.7 cm³/mol. The Morgan fingerprint density at radius 1 is 1.36 bits per heavy atom. The van der Waals surface area contributed by atoms with E-state index in [9.17, 15) is 0 Å². The van der Waals surface area contributed by atoms with Crippen LogP contribution in [-0.2, 0) is 5.54 Å². The Morgan fingerprint density at radius 2 is 2.07 bits per heavy atom. The second-order valence-corrected chi connectivity index (χ2v) is 3.98. The van der Waals surface area contributed by atoms with Crippen LogP contribution >= 0.6 is 0 Å². The smallest absolute Gasteiger partial charge is 0.124 e. The van der Waals surface area contributed by atoms with Crippen LogP contribution in [0.2, 0.25) is 0 Å². The number of ether oxygens (including phenoxy) is 1. The first-order valence-corrected chi connectivity index (χ1v) is 5.06. The Bertz CT molecular complexity index is 342. The molecular formula is C12H17NO. The van der Waals surface area contributed by atoms with Gasteiger partial charge in [-0.2, -0.15) is 0 Å². The molecule has 2 heteroatoms. The Labute approximate surface area is 85.3 Å². The lowest BCUT2D eigenvalue weighted by Gasteiger charge is -2.20. The van der Waals surface area contributed by atoms with Gasteiger partial charge in [0.1, 0.15) is 5.75 Å². The fourth-order valence-electron chi connectivity index (χ4n) is 2.17. The molecule has 76 valence electrons. The first-order chi connectivity index (χ1) is 6.73. The zero-order valence-corrected chi connectivity index (χ0v) is 9.05. The maximum absolute atomic E-state index is 5.41. The van der Waals surface area contributed by atoms with Crippen molar-refractivity contribution < 1.29 is 4.74 Å². The van der Waals surface area contributed by atoms with Gasteiger partial charge in [-0.3, -0.25) is 0 Å². The molecule has 0 unspecified atom stereocenters. The largest absolute Gasteiger partial charge is 0.496 e. The van der Waals surface area contributed by atoms with Gasteiger partial charge in [-0.05, 0) is 38.4 Å². The van der Waals surface area contributed by atoms with Crippen molar-refractivity contribution in [1.82, 2.24) is 5.32 Å². The van der Waals surface area contributed by atoms with Crippen LogP contribution in [0.1, 0.15) is 24.0 Å². The molecule has 14 heavy (non-hydrogen) atoms. The molecule has 1 aromatic rings. The Balaban J connectivity index is 2.50. The summed E-state index contributed by atoms with van der Waals surface area (Å²) in [4.78, 5) is 0. The third kappa shape index (κ3) is 1.30. The molecule has 1 saturated carbocycles. The molecule has 0 saturated heterocycles. The van der Waals surface area contributed by atoms with Gasteiger partial charge in [0.05, 0.1) is 7.11 Å². The molecule has 1 aliphatic carbocycles. The van der Waals surface area contributed by atoms with Gasteiger partial charge in [0.2, 0.25) is 0 Å². The number of hydrogen-bond donors (Lipinski definition) is 1. The molecule has 0 amide bonds. The van der Waals surface area contributed by atoms with E-state index in [4.69, 9.17) is 4.74 Å². The summed E-state index contributed by atoms with van der Waals surface area (Å²) in [6.45, 7) is 2.15. The van der Waals surface area contributed by atoms with Gasteiger partial charge in [0.15, 0.2) is 0 Å². The van der Waals surface area contributed by atoms with Gasteiger partial charge in [0, 0.05) is 11.1 Å². The van der Waals surface area contributed by atoms with Crippen molar-refractivity contribution >= 4 is 0 Å². The van der Waals surface area contributed by atoms with E-state index in [1.54, 1.807) is 7.11 Å². The molecule has 1 N–H and O–H groups in total. The van der Waals surface area contributed by atoms with Gasteiger partial charge >= 0.3 is 0 Å². The van der Waals surface area contributed by atoms with Crippen molar-refractivity contribution in [2.24, 2.45) is 0 Å². The summed E-state index contributed by atoms with van der Waals surface area (Å²) in [5.74, 6) is 1.01. The van der Waals surface area contributed by atoms with Crippen molar-refractivity contribution in [2.45, 2.75) is 25.3 Å². The highest BCUT2D eigenvalue weighted by molar-refractivity contribution is 5.47. The van der Waals surface area contributed by atoms with Gasteiger partial charge < -0.3 is 10.1 Å². The molecule has 0 aromatic heterocycles. The lowest BCUT2D eigenvalue weighted by Crippen LogP contribution is -2.26. The second-order valence-electron chi connectivity index (χ2n) is 3.98. The minimum atomic E-state index is 0.191. The summed E-state index contributed by atoms with van der Waals surface area (Å²) in [7, 11) is 3.77. The van der Waals surface area contributed by atoms with E-state index in [-0.39, 0.29) is 5.54 Å². The maximum atomic E-state index is 5.41. The minimum Gasteiger partial charge on any atom is -0.496 e. The number of benzene rings is 1. The van der Waals surface area contributed by atoms with Gasteiger partial charge in [0.25, 0.3) is 0 Å². The van der Waals surface area contributed by atoms with Crippen molar-refractivity contribution in [2.75, 3.05) is 14.2 Å². The van der Waals surface area contributed by atoms with E-state index in [0.717, 1.165) is 5.75 Å². The van der Waals surface area contributed by atoms with Crippen molar-refractivity contribution in [3.05, 3.63) is 29.3 Å². The standard InChI is InChI=1S/C12H17NO/c1-9-5-4-6-10(14-3)11(9)12(13-2)7-8-12/h4-6,13H,7-8H2,1-3H3. The summed E-state index contributed by atoms with van der Waals surface area (Å²) < 4.78 is 5.41. The Hall–Kier alpha value is -1.02. The maximum Gasteiger partial charge on any atom is 0.124 e. The molecule has 0 bridgehead atoms. The molecule has 1 aliphatic rings. The van der Waals surface area contributed by atoms with Crippen LogP contribution in [0.25, 0.3) is 0 Å². The number of methoxy groups -OCH3 is 1. The highest BCUT2D eigenvalue weighted by Crippen LogP contribution is 2.49. The third-order valence-corrected chi connectivity index (χ3v) is 3.16. The van der Waals surface area contributed by atoms with Gasteiger partial charge in [-0.1, -0.05) is 12.1 Å². The average molecular weight is 191 g/mol. The number of aryl methyl sites for hydroxylation is 1. The van der Waals surface area contributed by atoms with Gasteiger partial charge in [-0.25, -0.2) is 0 Å². The van der Waals surface area contributed by atoms with Crippen LogP contribution in [0.15, 0.2) is 18.2 Å². The van der Waals surface area contributed by atoms with Crippen LogP contribution < -0.4 is 10.1 Å². The first kappa shape index (κ1) is 9.53. The van der Waals surface area contributed by atoms with E-state index in [2.05, 4.69) is 18.3 Å². The van der Waals surface area contributed by atoms with E-state index in [1.807, 2.05) is 19.2 Å². The second kappa shape index (κ2) is 3.28. The monoisotopic (exact) mass is 191 g/mol. The Kier molecular flexibility index (Phi) is 2.23. The molecule has 0 atom stereocenters. The summed E-state index contributed by atoms with van der Waals surface area (Å²) in [5, 5.41) is 3.40. The van der Waals surface area contributed by atoms with Crippen LogP contribution in [0.5, 0.6) is 5.75 Å². The third-order valence-electron chi connectivity index (χ3n) is 3.16. The topological polar surface area (TPSA) is 21.3 Å².